The van der Waals surface area contributed by atoms with Crippen LogP contribution in [0.2, 0.25) is 0 Å². The Morgan fingerprint density at radius 1 is 1.04 bits per heavy atom. The molecule has 0 N–H and O–H groups in total. The molecule has 26 heavy (non-hydrogen) atoms. The van der Waals surface area contributed by atoms with Gasteiger partial charge in [-0.2, -0.15) is 5.10 Å². The number of para-hydroxylation sites is 2. The van der Waals surface area contributed by atoms with Gasteiger partial charge in [0.1, 0.15) is 22.9 Å². The maximum absolute atomic E-state index is 5.53. The van der Waals surface area contributed by atoms with Crippen LogP contribution >= 0.6 is 11.3 Å². The third-order valence-electron chi connectivity index (χ3n) is 3.60. The van der Waals surface area contributed by atoms with Gasteiger partial charge >= 0.3 is 0 Å². The van der Waals surface area contributed by atoms with Gasteiger partial charge in [-0.3, -0.25) is 0 Å². The topological polar surface area (TPSA) is 65.2 Å². The van der Waals surface area contributed by atoms with E-state index in [1.165, 1.54) is 11.3 Å². The molecule has 0 radical (unpaired) electrons. The molecule has 0 aliphatic rings. The van der Waals surface area contributed by atoms with E-state index in [1.54, 1.807) is 30.5 Å². The molecule has 3 aromatic heterocycles. The summed E-state index contributed by atoms with van der Waals surface area (Å²) in [5.41, 5.74) is 1.53. The van der Waals surface area contributed by atoms with Crippen molar-refractivity contribution in [1.29, 1.82) is 0 Å². The first-order chi connectivity index (χ1) is 12.8. The first kappa shape index (κ1) is 16.2. The second-order valence-corrected chi connectivity index (χ2v) is 6.07. The molecule has 0 saturated heterocycles. The van der Waals surface area contributed by atoms with Crippen LogP contribution in [-0.2, 0) is 0 Å². The molecule has 0 saturated carbocycles. The van der Waals surface area contributed by atoms with Gasteiger partial charge in [0, 0.05) is 5.38 Å². The number of benzene rings is 1. The number of hydrogen-bond acceptors (Lipinski definition) is 6. The van der Waals surface area contributed by atoms with Crippen molar-refractivity contribution in [3.05, 3.63) is 77.0 Å². The van der Waals surface area contributed by atoms with E-state index < -0.39 is 0 Å². The highest BCUT2D eigenvalue weighted by molar-refractivity contribution is 7.07. The van der Waals surface area contributed by atoms with E-state index in [2.05, 4.69) is 5.10 Å². The normalized spacial score (nSPS) is 12.1. The minimum absolute atomic E-state index is 0.650. The fourth-order valence-corrected chi connectivity index (χ4v) is 3.22. The summed E-state index contributed by atoms with van der Waals surface area (Å²) < 4.78 is 18.0. The molecule has 1 aromatic carbocycles. The van der Waals surface area contributed by atoms with Crippen LogP contribution in [0.1, 0.15) is 5.76 Å². The van der Waals surface area contributed by atoms with E-state index in [-0.39, 0.29) is 0 Å². The first-order valence-corrected chi connectivity index (χ1v) is 8.73. The largest absolute Gasteiger partial charge is 0.494 e. The summed E-state index contributed by atoms with van der Waals surface area (Å²) in [6.45, 7) is 0. The number of methoxy groups -OCH3 is 1. The minimum Gasteiger partial charge on any atom is -0.494 e. The smallest absolute Gasteiger partial charge is 0.211 e. The summed E-state index contributed by atoms with van der Waals surface area (Å²) in [6, 6.07) is 15.0. The third-order valence-corrected chi connectivity index (χ3v) is 4.42. The van der Waals surface area contributed by atoms with Crippen LogP contribution in [0.3, 0.4) is 0 Å². The second kappa shape index (κ2) is 7.28. The molecule has 0 spiro atoms. The van der Waals surface area contributed by atoms with E-state index >= 15 is 0 Å². The van der Waals surface area contributed by atoms with Crippen molar-refractivity contribution in [2.24, 2.45) is 10.1 Å². The third kappa shape index (κ3) is 3.25. The molecule has 3 heterocycles. The number of rotatable bonds is 5. The maximum atomic E-state index is 5.53. The Morgan fingerprint density at radius 3 is 2.65 bits per heavy atom. The highest BCUT2D eigenvalue weighted by Crippen LogP contribution is 2.27. The lowest BCUT2D eigenvalue weighted by Gasteiger charge is -2.03. The molecule has 0 unspecified atom stereocenters. The maximum Gasteiger partial charge on any atom is 0.211 e. The van der Waals surface area contributed by atoms with E-state index in [0.29, 0.717) is 22.1 Å². The van der Waals surface area contributed by atoms with Gasteiger partial charge in [-0.1, -0.05) is 12.1 Å². The monoisotopic (exact) mass is 365 g/mol. The molecule has 0 aliphatic carbocycles. The number of aromatic nitrogens is 1. The van der Waals surface area contributed by atoms with Crippen LogP contribution in [0.4, 0.5) is 5.69 Å². The Bertz CT molecular complexity index is 1070. The van der Waals surface area contributed by atoms with Gasteiger partial charge in [-0.05, 0) is 36.4 Å². The van der Waals surface area contributed by atoms with Crippen molar-refractivity contribution >= 4 is 23.2 Å². The Labute approximate surface area is 153 Å². The second-order valence-electron chi connectivity index (χ2n) is 5.24. The summed E-state index contributed by atoms with van der Waals surface area (Å²) in [7, 11) is 1.63. The standard InChI is InChI=1S/C19H15N3O3S/c1-23-17-8-3-2-7-15(17)21-19-22(20-12-14-6-4-10-24-14)16(13-26-19)18-9-5-11-25-18/h2-13H,1H3. The number of nitrogens with zero attached hydrogens (tertiary/aromatic N) is 3. The molecule has 4 rings (SSSR count). The van der Waals surface area contributed by atoms with E-state index in [1.807, 2.05) is 53.9 Å². The van der Waals surface area contributed by atoms with Gasteiger partial charge in [0.2, 0.25) is 4.80 Å². The molecular weight excluding hydrogens is 350 g/mol. The zero-order valence-corrected chi connectivity index (χ0v) is 14.7. The summed E-state index contributed by atoms with van der Waals surface area (Å²) in [4.78, 5) is 5.40. The van der Waals surface area contributed by atoms with E-state index in [0.717, 1.165) is 11.4 Å². The van der Waals surface area contributed by atoms with Crippen molar-refractivity contribution in [3.8, 4) is 17.2 Å². The molecule has 130 valence electrons. The minimum atomic E-state index is 0.650. The Morgan fingerprint density at radius 2 is 1.88 bits per heavy atom. The van der Waals surface area contributed by atoms with Crippen LogP contribution in [0.15, 0.2) is 85.4 Å². The number of furan rings is 2. The van der Waals surface area contributed by atoms with Crippen LogP contribution in [0.25, 0.3) is 11.5 Å². The molecule has 6 nitrogen and oxygen atoms in total. The molecule has 0 atom stereocenters. The number of thiazole rings is 1. The van der Waals surface area contributed by atoms with Gasteiger partial charge in [-0.25, -0.2) is 9.67 Å². The van der Waals surface area contributed by atoms with Gasteiger partial charge in [0.25, 0.3) is 0 Å². The number of ether oxygens (including phenoxy) is 1. The summed E-state index contributed by atoms with van der Waals surface area (Å²) in [6.07, 6.45) is 4.87. The predicted octanol–water partition coefficient (Wildman–Crippen LogP) is 4.53. The highest BCUT2D eigenvalue weighted by Gasteiger charge is 2.11. The Kier molecular flexibility index (Phi) is 4.53. The lowest BCUT2D eigenvalue weighted by atomic mass is 10.3. The fourth-order valence-electron chi connectivity index (χ4n) is 2.39. The van der Waals surface area contributed by atoms with Crippen molar-refractivity contribution in [2.75, 3.05) is 7.11 Å². The first-order valence-electron chi connectivity index (χ1n) is 7.85. The zero-order chi connectivity index (χ0) is 17.8. The lowest BCUT2D eigenvalue weighted by Crippen LogP contribution is -2.11. The number of hydrogen-bond donors (Lipinski definition) is 0. The van der Waals surface area contributed by atoms with Gasteiger partial charge in [0.05, 0.1) is 25.9 Å². The Balaban J connectivity index is 1.86. The van der Waals surface area contributed by atoms with E-state index in [9.17, 15) is 0 Å². The SMILES string of the molecule is COc1ccccc1N=c1scc(-c2ccco2)n1N=Cc1ccco1. The highest BCUT2D eigenvalue weighted by atomic mass is 32.1. The van der Waals surface area contributed by atoms with Gasteiger partial charge in [0.15, 0.2) is 5.76 Å². The molecule has 0 aliphatic heterocycles. The van der Waals surface area contributed by atoms with Crippen LogP contribution < -0.4 is 9.54 Å². The van der Waals surface area contributed by atoms with Crippen LogP contribution in [-0.4, -0.2) is 18.0 Å². The van der Waals surface area contributed by atoms with E-state index in [4.69, 9.17) is 18.6 Å². The van der Waals surface area contributed by atoms with Crippen molar-refractivity contribution in [3.63, 3.8) is 0 Å². The summed E-state index contributed by atoms with van der Waals surface area (Å²) in [5, 5.41) is 6.48. The zero-order valence-electron chi connectivity index (χ0n) is 13.9. The molecular formula is C19H15N3O3S. The average Bonchev–Trinajstić information content (AvgIpc) is 3.42. The lowest BCUT2D eigenvalue weighted by molar-refractivity contribution is 0.416. The van der Waals surface area contributed by atoms with Gasteiger partial charge in [-0.15, -0.1) is 11.3 Å². The molecule has 0 fully saturated rings. The molecule has 7 heteroatoms. The Hall–Kier alpha value is -3.32. The quantitative estimate of drug-likeness (QED) is 0.488. The van der Waals surface area contributed by atoms with Gasteiger partial charge < -0.3 is 13.6 Å². The average molecular weight is 365 g/mol. The van der Waals surface area contributed by atoms with Crippen molar-refractivity contribution < 1.29 is 13.6 Å². The van der Waals surface area contributed by atoms with Crippen molar-refractivity contribution in [2.45, 2.75) is 0 Å². The van der Waals surface area contributed by atoms with Crippen molar-refractivity contribution in [1.82, 2.24) is 4.68 Å². The fraction of sp³-hybridized carbons (Fsp3) is 0.0526. The van der Waals surface area contributed by atoms with Crippen LogP contribution in [0, 0.1) is 0 Å². The molecule has 0 bridgehead atoms. The predicted molar refractivity (Wildman–Crippen MR) is 99.9 cm³/mol. The van der Waals surface area contributed by atoms with Crippen LogP contribution in [0.5, 0.6) is 5.75 Å². The summed E-state index contributed by atoms with van der Waals surface area (Å²) in [5.74, 6) is 2.05. The summed E-state index contributed by atoms with van der Waals surface area (Å²) >= 11 is 1.46. The molecule has 4 aromatic rings. The molecule has 0 amide bonds.